The summed E-state index contributed by atoms with van der Waals surface area (Å²) in [6, 6.07) is 2.79. The molecule has 0 fully saturated rings. The highest BCUT2D eigenvalue weighted by atomic mass is 28.4. The number of hydrogen-bond donors (Lipinski definition) is 2. The number of rotatable bonds is 64. The molecule has 0 aromatic carbocycles. The minimum absolute atomic E-state index is 0.0143. The highest BCUT2D eigenvalue weighted by Crippen LogP contribution is 2.24. The number of esters is 6. The lowest BCUT2D eigenvalue weighted by Crippen LogP contribution is -2.51. The van der Waals surface area contributed by atoms with Gasteiger partial charge in [0.25, 0.3) is 0 Å². The molecule has 0 rings (SSSR count). The molecule has 111 heavy (non-hydrogen) atoms. The van der Waals surface area contributed by atoms with Crippen molar-refractivity contribution in [2.45, 2.75) is 204 Å². The fourth-order valence-corrected chi connectivity index (χ4v) is 22.0. The minimum Gasteiger partial charge on any atom is -0.463 e. The highest BCUT2D eigenvalue weighted by Gasteiger charge is 2.45. The van der Waals surface area contributed by atoms with E-state index in [0.29, 0.717) is 147 Å². The summed E-state index contributed by atoms with van der Waals surface area (Å²) in [4.78, 5) is 66.3. The van der Waals surface area contributed by atoms with E-state index in [0.717, 1.165) is 68.8 Å². The molecule has 0 aliphatic heterocycles. The summed E-state index contributed by atoms with van der Waals surface area (Å²) in [7, 11) is -6.59. The maximum absolute atomic E-state index is 11.3. The molecule has 0 amide bonds. The van der Waals surface area contributed by atoms with Crippen molar-refractivity contribution in [3.8, 4) is 0 Å². The van der Waals surface area contributed by atoms with Crippen molar-refractivity contribution >= 4 is 88.6 Å². The fraction of sp³-hybridized carbons (Fsp3) is 0.753. The van der Waals surface area contributed by atoms with E-state index in [9.17, 15) is 39.0 Å². The van der Waals surface area contributed by atoms with Crippen molar-refractivity contribution in [3.05, 3.63) is 74.4 Å². The normalized spacial score (nSPS) is 11.9. The Balaban J connectivity index is -0.000000301. The third-order valence-corrected chi connectivity index (χ3v) is 31.5. The van der Waals surface area contributed by atoms with E-state index in [1.165, 1.54) is 0 Å². The van der Waals surface area contributed by atoms with Crippen LogP contribution in [0.15, 0.2) is 74.4 Å². The molecule has 0 aromatic heterocycles. The Kier molecular flexibility index (Phi) is 80.3. The smallest absolute Gasteiger partial charge is 0.463 e. The average molecular weight is 1700 g/mol. The second-order valence-corrected chi connectivity index (χ2v) is 39.6. The standard InChI is InChI=1S/C17H34O6Si.C16H32O6Si.C11H22O5Si.2C10H20O5Si.C9H18O5Si/c1-6-21-24(22-7-2,23-8-3)13-11-9-10-12-16(18)14-20-17(19)15(4)5;1-5-16(18)19-14-15(17)12-10-9-11-13-23(20-6-2,21-7-3)22-8-4;1-6-14-17(15-7-2,16-8-3)9-13-11(12)10(4)5;1-9(2)10(11)15-7-6-8-16(12-3,13-4)14-5;1-5-10(11)12-9-16(13-6-2,14-7-3)15-8-4;1-5-9(10)14-7-6-8-15(11-2,12-3)13-4/h16,18H,4,6-14H2,1-3,5H3;5,15,17H,1,6-14H2,2-4H3;4,6-9H2,1-3,5H3;1,6-8H2,2-5H3;5H,1,6-9H2,2-4H3;5H,1,6-8H2,2-4H3. The molecule has 32 nitrogen and oxygen atoms in total. The zero-order valence-corrected chi connectivity index (χ0v) is 77.4. The van der Waals surface area contributed by atoms with Gasteiger partial charge in [0.05, 0.1) is 25.4 Å². The van der Waals surface area contributed by atoms with Gasteiger partial charge in [0, 0.05) is 181 Å². The Morgan fingerprint density at radius 2 is 0.532 bits per heavy atom. The second kappa shape index (κ2) is 75.8. The van der Waals surface area contributed by atoms with Crippen molar-refractivity contribution in [1.82, 2.24) is 0 Å². The lowest BCUT2D eigenvalue weighted by molar-refractivity contribution is -0.142. The SMILES string of the molecule is C=C(C)C(=O)OCC(O)CCCCC[Si](OCC)(OCC)OCC.C=C(C)C(=O)OCCC[Si](OC)(OC)OC.C=C(C)C(=O)OC[Si](OCC)(OCC)OCC.C=CC(=O)OCC(O)CCCCC[Si](OCC)(OCC)OCC.C=CC(=O)OCCC[Si](OC)(OC)OC.C=CC(=O)OC[Si](OCC)(OCC)OCC. The summed E-state index contributed by atoms with van der Waals surface area (Å²) in [6.45, 7) is 54.8. The maximum atomic E-state index is 11.3. The van der Waals surface area contributed by atoms with Gasteiger partial charge in [0.15, 0.2) is 12.5 Å². The molecule has 0 aliphatic rings. The van der Waals surface area contributed by atoms with E-state index >= 15 is 0 Å². The Labute approximate surface area is 672 Å². The number of unbranched alkanes of at least 4 members (excludes halogenated alkanes) is 4. The predicted octanol–water partition coefficient (Wildman–Crippen LogP) is 11.1. The molecule has 38 heteroatoms. The zero-order chi connectivity index (χ0) is 86.1. The molecule has 2 unspecified atom stereocenters. The first-order valence-electron chi connectivity index (χ1n) is 37.9. The molecule has 0 aromatic rings. The van der Waals surface area contributed by atoms with Gasteiger partial charge in [-0.05, 0) is 142 Å². The maximum Gasteiger partial charge on any atom is 0.540 e. The van der Waals surface area contributed by atoms with Crippen LogP contribution in [-0.4, -0.2) is 272 Å². The van der Waals surface area contributed by atoms with Crippen molar-refractivity contribution in [2.24, 2.45) is 0 Å². The van der Waals surface area contributed by atoms with E-state index in [1.54, 1.807) is 63.4 Å². The van der Waals surface area contributed by atoms with E-state index < -0.39 is 94.9 Å². The van der Waals surface area contributed by atoms with Gasteiger partial charge in [-0.3, -0.25) is 0 Å². The van der Waals surface area contributed by atoms with E-state index in [4.69, 9.17) is 108 Å². The molecule has 0 spiro atoms. The molecule has 2 N–H and O–H groups in total. The Morgan fingerprint density at radius 1 is 0.297 bits per heavy atom. The van der Waals surface area contributed by atoms with Crippen molar-refractivity contribution in [2.75, 3.05) is 161 Å². The monoisotopic (exact) mass is 1700 g/mol. The quantitative estimate of drug-likeness (QED) is 0.0188. The van der Waals surface area contributed by atoms with Gasteiger partial charge < -0.3 is 118 Å². The van der Waals surface area contributed by atoms with Gasteiger partial charge in [-0.2, -0.15) is 0 Å². The Bertz CT molecular complexity index is 2340. The first-order valence-corrected chi connectivity index (χ1v) is 49.5. The predicted molar refractivity (Wildman–Crippen MR) is 434 cm³/mol. The van der Waals surface area contributed by atoms with Crippen LogP contribution in [-0.2, 0) is 137 Å². The molecule has 0 saturated carbocycles. The van der Waals surface area contributed by atoms with E-state index in [1.807, 2.05) is 83.1 Å². The zero-order valence-electron chi connectivity index (χ0n) is 71.4. The molecule has 0 heterocycles. The van der Waals surface area contributed by atoms with Gasteiger partial charge in [-0.1, -0.05) is 65.2 Å². The largest absolute Gasteiger partial charge is 0.540 e. The second-order valence-electron chi connectivity index (χ2n) is 22.9. The molecule has 0 bridgehead atoms. The fourth-order valence-electron chi connectivity index (χ4n) is 9.02. The molecule has 0 aliphatic carbocycles. The van der Waals surface area contributed by atoms with Crippen LogP contribution in [0.1, 0.15) is 168 Å². The van der Waals surface area contributed by atoms with Gasteiger partial charge in [-0.25, -0.2) is 28.8 Å². The summed E-state index contributed by atoms with van der Waals surface area (Å²) in [6.07, 6.45) is 9.98. The van der Waals surface area contributed by atoms with Crippen LogP contribution in [0.5, 0.6) is 0 Å². The minimum atomic E-state index is -2.89. The van der Waals surface area contributed by atoms with Crippen LogP contribution in [0.2, 0.25) is 24.2 Å². The van der Waals surface area contributed by atoms with Gasteiger partial charge >= 0.3 is 88.6 Å². The summed E-state index contributed by atoms with van der Waals surface area (Å²) in [5.74, 6) is -2.73. The van der Waals surface area contributed by atoms with Crippen molar-refractivity contribution < 1.29 is 147 Å². The molecule has 654 valence electrons. The van der Waals surface area contributed by atoms with Crippen molar-refractivity contribution in [3.63, 3.8) is 0 Å². The lowest BCUT2D eigenvalue weighted by atomic mass is 10.1. The molecular weight excluding hydrogens is 1560 g/mol. The van der Waals surface area contributed by atoms with Gasteiger partial charge in [-0.15, -0.1) is 0 Å². The molecule has 0 radical (unpaired) electrons. The lowest BCUT2D eigenvalue weighted by Gasteiger charge is -2.28. The van der Waals surface area contributed by atoms with Gasteiger partial charge in [0.2, 0.25) is 0 Å². The third-order valence-electron chi connectivity index (χ3n) is 14.2. The first kappa shape index (κ1) is 118. The van der Waals surface area contributed by atoms with Crippen LogP contribution in [0, 0.1) is 0 Å². The number of ether oxygens (including phenoxy) is 6. The summed E-state index contributed by atoms with van der Waals surface area (Å²) in [5.41, 5.74) is 1.08. The Hall–Kier alpha value is -4.24. The van der Waals surface area contributed by atoms with E-state index in [2.05, 4.69) is 39.5 Å². The van der Waals surface area contributed by atoms with Crippen LogP contribution in [0.25, 0.3) is 0 Å². The number of aliphatic hydroxyl groups is 2. The average Bonchev–Trinajstić information content (AvgIpc) is 0.885. The number of hydrogen-bond acceptors (Lipinski definition) is 32. The topological polar surface area (TPSA) is 364 Å². The summed E-state index contributed by atoms with van der Waals surface area (Å²) >= 11 is 0. The van der Waals surface area contributed by atoms with Crippen LogP contribution in [0.3, 0.4) is 0 Å². The number of carbonyl (C=O) groups is 6. The molecular formula is C73H146O32Si6. The van der Waals surface area contributed by atoms with Crippen molar-refractivity contribution in [1.29, 1.82) is 0 Å². The summed E-state index contributed by atoms with van der Waals surface area (Å²) < 4.78 is 129. The van der Waals surface area contributed by atoms with Crippen LogP contribution in [0.4, 0.5) is 0 Å². The molecule has 2 atom stereocenters. The Morgan fingerprint density at radius 3 is 0.811 bits per heavy atom. The number of aliphatic hydroxyl groups excluding tert-OH is 2. The van der Waals surface area contributed by atoms with E-state index in [-0.39, 0.29) is 31.6 Å². The van der Waals surface area contributed by atoms with Crippen LogP contribution >= 0.6 is 0 Å². The third kappa shape index (κ3) is 61.8. The van der Waals surface area contributed by atoms with Crippen LogP contribution < -0.4 is 0 Å². The first-order chi connectivity index (χ1) is 52.7. The number of carbonyl (C=O) groups excluding carboxylic acids is 6. The highest BCUT2D eigenvalue weighted by molar-refractivity contribution is 6.62. The van der Waals surface area contributed by atoms with Gasteiger partial charge in [0.1, 0.15) is 13.2 Å². The summed E-state index contributed by atoms with van der Waals surface area (Å²) in [5, 5.41) is 19.5. The molecule has 0 saturated heterocycles.